The van der Waals surface area contributed by atoms with Crippen molar-refractivity contribution in [3.05, 3.63) is 58.9 Å². The summed E-state index contributed by atoms with van der Waals surface area (Å²) >= 11 is 0. The molecule has 0 unspecified atom stereocenters. The first-order valence-corrected chi connectivity index (χ1v) is 7.96. The Balaban J connectivity index is 2.46. The van der Waals surface area contributed by atoms with Crippen LogP contribution in [-0.4, -0.2) is 8.42 Å². The molecule has 0 aliphatic heterocycles. The number of benzene rings is 2. The molecular weight excluding hydrogens is 334 g/mol. The van der Waals surface area contributed by atoms with Gasteiger partial charge >= 0.3 is 6.18 Å². The van der Waals surface area contributed by atoms with Gasteiger partial charge in [0, 0.05) is 0 Å². The van der Waals surface area contributed by atoms with Gasteiger partial charge in [-0.2, -0.15) is 13.2 Å². The van der Waals surface area contributed by atoms with E-state index in [4.69, 9.17) is 0 Å². The number of hydrogen-bond acceptors (Lipinski definition) is 2. The van der Waals surface area contributed by atoms with Crippen LogP contribution in [0.3, 0.4) is 0 Å². The Bertz CT molecular complexity index is 845. The van der Waals surface area contributed by atoms with Crippen LogP contribution >= 0.6 is 0 Å². The van der Waals surface area contributed by atoms with Gasteiger partial charge in [0.25, 0.3) is 10.0 Å². The molecule has 0 heterocycles. The van der Waals surface area contributed by atoms with Gasteiger partial charge in [0.05, 0.1) is 16.1 Å². The molecule has 0 saturated heterocycles. The highest BCUT2D eigenvalue weighted by atomic mass is 32.2. The van der Waals surface area contributed by atoms with E-state index in [1.165, 1.54) is 0 Å². The van der Waals surface area contributed by atoms with Crippen molar-refractivity contribution in [2.24, 2.45) is 0 Å². The molecule has 1 N–H and O–H groups in total. The highest BCUT2D eigenvalue weighted by Crippen LogP contribution is 2.33. The fraction of sp³-hybridized carbons (Fsp3) is 0.200. The van der Waals surface area contributed by atoms with Gasteiger partial charge in [-0.05, 0) is 49.2 Å². The number of anilines is 1. The summed E-state index contributed by atoms with van der Waals surface area (Å²) in [5, 5.41) is 0. The van der Waals surface area contributed by atoms with Crippen LogP contribution in [0.4, 0.5) is 23.2 Å². The monoisotopic (exact) mass is 347 g/mol. The molecule has 0 aliphatic carbocycles. The Morgan fingerprint density at radius 2 is 1.65 bits per heavy atom. The Kier molecular flexibility index (Phi) is 4.39. The van der Waals surface area contributed by atoms with Crippen LogP contribution in [0.1, 0.15) is 16.7 Å². The van der Waals surface area contributed by atoms with E-state index >= 15 is 0 Å². The van der Waals surface area contributed by atoms with Crippen LogP contribution in [0.15, 0.2) is 41.3 Å². The lowest BCUT2D eigenvalue weighted by Gasteiger charge is -2.13. The summed E-state index contributed by atoms with van der Waals surface area (Å²) < 4.78 is 78.1. The van der Waals surface area contributed by atoms with Crippen molar-refractivity contribution in [1.29, 1.82) is 0 Å². The molecule has 2 aromatic carbocycles. The SMILES string of the molecule is Cc1ccc(C)c(NS(=O)(=O)c2ccc(F)c(C(F)(F)F)c2)c1. The van der Waals surface area contributed by atoms with Crippen LogP contribution in [0.25, 0.3) is 0 Å². The van der Waals surface area contributed by atoms with Crippen molar-refractivity contribution in [2.45, 2.75) is 24.9 Å². The summed E-state index contributed by atoms with van der Waals surface area (Å²) in [6.07, 6.45) is -4.98. The van der Waals surface area contributed by atoms with E-state index in [0.717, 1.165) is 11.6 Å². The maximum Gasteiger partial charge on any atom is 0.419 e. The van der Waals surface area contributed by atoms with E-state index in [-0.39, 0.29) is 11.8 Å². The van der Waals surface area contributed by atoms with Crippen LogP contribution < -0.4 is 4.72 Å². The maximum absolute atomic E-state index is 13.3. The lowest BCUT2D eigenvalue weighted by Crippen LogP contribution is -2.16. The highest BCUT2D eigenvalue weighted by Gasteiger charge is 2.35. The minimum absolute atomic E-state index is 0.253. The molecule has 8 heteroatoms. The normalized spacial score (nSPS) is 12.3. The molecule has 0 amide bonds. The molecule has 124 valence electrons. The number of nitrogens with one attached hydrogen (secondary N) is 1. The van der Waals surface area contributed by atoms with Gasteiger partial charge in [0.2, 0.25) is 0 Å². The molecule has 2 aromatic rings. The minimum atomic E-state index is -4.98. The zero-order valence-corrected chi connectivity index (χ0v) is 13.0. The molecule has 23 heavy (non-hydrogen) atoms. The summed E-state index contributed by atoms with van der Waals surface area (Å²) in [4.78, 5) is -0.660. The Labute approximate surface area is 131 Å². The zero-order chi connectivity index (χ0) is 17.4. The summed E-state index contributed by atoms with van der Waals surface area (Å²) in [6.45, 7) is 3.40. The topological polar surface area (TPSA) is 46.2 Å². The fourth-order valence-electron chi connectivity index (χ4n) is 1.94. The van der Waals surface area contributed by atoms with Crippen molar-refractivity contribution >= 4 is 15.7 Å². The van der Waals surface area contributed by atoms with Gasteiger partial charge in [0.1, 0.15) is 5.82 Å². The average Bonchev–Trinajstić information content (AvgIpc) is 2.41. The minimum Gasteiger partial charge on any atom is -0.279 e. The van der Waals surface area contributed by atoms with E-state index in [0.29, 0.717) is 11.6 Å². The van der Waals surface area contributed by atoms with E-state index in [1.54, 1.807) is 32.0 Å². The van der Waals surface area contributed by atoms with Crippen LogP contribution in [0.5, 0.6) is 0 Å². The smallest absolute Gasteiger partial charge is 0.279 e. The summed E-state index contributed by atoms with van der Waals surface area (Å²) in [5.74, 6) is -1.52. The maximum atomic E-state index is 13.3. The summed E-state index contributed by atoms with van der Waals surface area (Å²) in [5.41, 5.74) is 0.0185. The van der Waals surface area contributed by atoms with Crippen LogP contribution in [-0.2, 0) is 16.2 Å². The lowest BCUT2D eigenvalue weighted by atomic mass is 10.1. The fourth-order valence-corrected chi connectivity index (χ4v) is 3.09. The molecule has 0 aliphatic rings. The van der Waals surface area contributed by atoms with Crippen molar-refractivity contribution in [1.82, 2.24) is 0 Å². The number of hydrogen-bond donors (Lipinski definition) is 1. The largest absolute Gasteiger partial charge is 0.419 e. The van der Waals surface area contributed by atoms with E-state index in [2.05, 4.69) is 4.72 Å². The lowest BCUT2D eigenvalue weighted by molar-refractivity contribution is -0.140. The van der Waals surface area contributed by atoms with Crippen molar-refractivity contribution in [3.8, 4) is 0 Å². The highest BCUT2D eigenvalue weighted by molar-refractivity contribution is 7.92. The second-order valence-corrected chi connectivity index (χ2v) is 6.75. The van der Waals surface area contributed by atoms with Gasteiger partial charge in [-0.15, -0.1) is 0 Å². The molecule has 0 bridgehead atoms. The quantitative estimate of drug-likeness (QED) is 0.843. The molecule has 3 nitrogen and oxygen atoms in total. The number of rotatable bonds is 3. The third kappa shape index (κ3) is 3.82. The molecule has 0 atom stereocenters. The second-order valence-electron chi connectivity index (χ2n) is 5.06. The Morgan fingerprint density at radius 1 is 1.00 bits per heavy atom. The van der Waals surface area contributed by atoms with Gasteiger partial charge in [0.15, 0.2) is 0 Å². The molecule has 0 spiro atoms. The van der Waals surface area contributed by atoms with Gasteiger partial charge in [-0.25, -0.2) is 12.8 Å². The van der Waals surface area contributed by atoms with Crippen molar-refractivity contribution in [2.75, 3.05) is 4.72 Å². The van der Waals surface area contributed by atoms with Crippen molar-refractivity contribution in [3.63, 3.8) is 0 Å². The third-order valence-corrected chi connectivity index (χ3v) is 4.55. The number of alkyl halides is 3. The van der Waals surface area contributed by atoms with Gasteiger partial charge < -0.3 is 0 Å². The molecule has 0 saturated carbocycles. The van der Waals surface area contributed by atoms with E-state index in [9.17, 15) is 26.0 Å². The van der Waals surface area contributed by atoms with Crippen LogP contribution in [0, 0.1) is 19.7 Å². The van der Waals surface area contributed by atoms with Gasteiger partial charge in [-0.1, -0.05) is 12.1 Å². The molecule has 0 radical (unpaired) electrons. The second kappa shape index (κ2) is 5.84. The third-order valence-electron chi connectivity index (χ3n) is 3.19. The first-order valence-electron chi connectivity index (χ1n) is 6.47. The van der Waals surface area contributed by atoms with Crippen molar-refractivity contribution < 1.29 is 26.0 Å². The molecule has 2 rings (SSSR count). The van der Waals surface area contributed by atoms with E-state index in [1.807, 2.05) is 0 Å². The first-order chi connectivity index (χ1) is 10.5. The number of halogens is 4. The van der Waals surface area contributed by atoms with Crippen LogP contribution in [0.2, 0.25) is 0 Å². The predicted octanol–water partition coefficient (Wildman–Crippen LogP) is 4.26. The molecular formula is C15H13F4NO2S. The van der Waals surface area contributed by atoms with E-state index < -0.39 is 32.5 Å². The average molecular weight is 347 g/mol. The Hall–Kier alpha value is -2.09. The zero-order valence-electron chi connectivity index (χ0n) is 12.2. The molecule has 0 fully saturated rings. The van der Waals surface area contributed by atoms with Gasteiger partial charge in [-0.3, -0.25) is 4.72 Å². The number of sulfonamides is 1. The first kappa shape index (κ1) is 17.3. The summed E-state index contributed by atoms with van der Waals surface area (Å²) in [6, 6.07) is 6.56. The standard InChI is InChI=1S/C15H13F4NO2S/c1-9-3-4-10(2)14(7-9)20-23(21,22)11-5-6-13(16)12(8-11)15(17,18)19/h3-8,20H,1-2H3. The predicted molar refractivity (Wildman–Crippen MR) is 78.1 cm³/mol. The molecule has 0 aromatic heterocycles. The Morgan fingerprint density at radius 3 is 2.26 bits per heavy atom. The summed E-state index contributed by atoms with van der Waals surface area (Å²) in [7, 11) is -4.27. The number of aryl methyl sites for hydroxylation is 2.